The van der Waals surface area contributed by atoms with Crippen molar-refractivity contribution in [3.63, 3.8) is 0 Å². The van der Waals surface area contributed by atoms with Crippen LogP contribution in [0.3, 0.4) is 0 Å². The number of likely N-dealkylation sites (tertiary alicyclic amines) is 1. The molecule has 1 amide bonds. The summed E-state index contributed by atoms with van der Waals surface area (Å²) in [6, 6.07) is 11.0. The second kappa shape index (κ2) is 8.64. The highest BCUT2D eigenvalue weighted by Gasteiger charge is 2.46. The first-order chi connectivity index (χ1) is 14.2. The lowest BCUT2D eigenvalue weighted by Gasteiger charge is -2.26. The van der Waals surface area contributed by atoms with Gasteiger partial charge in [-0.3, -0.25) is 19.7 Å². The van der Waals surface area contributed by atoms with Crippen LogP contribution in [0.1, 0.15) is 17.2 Å². The molecule has 3 rings (SSSR count). The van der Waals surface area contributed by atoms with Crippen molar-refractivity contribution in [2.75, 3.05) is 27.2 Å². The van der Waals surface area contributed by atoms with Gasteiger partial charge in [-0.05, 0) is 43.9 Å². The summed E-state index contributed by atoms with van der Waals surface area (Å²) in [7, 11) is 3.65. The Balaban J connectivity index is 2.17. The van der Waals surface area contributed by atoms with Crippen molar-refractivity contribution in [1.82, 2.24) is 9.80 Å². The number of Topliss-reactive ketones (excluding diaryl/α,β-unsaturated/α-hetero) is 1. The van der Waals surface area contributed by atoms with Crippen molar-refractivity contribution < 1.29 is 19.6 Å². The van der Waals surface area contributed by atoms with E-state index in [0.717, 1.165) is 0 Å². The minimum absolute atomic E-state index is 0.110. The SMILES string of the molecule is CN(C)CCN1C(=O)C(=O)C(=C(O)c2ccc(Cl)cc2)C1c1cccc([N+](=O)[O-])c1. The number of nitrogens with zero attached hydrogens (tertiary/aromatic N) is 3. The number of likely N-dealkylation sites (N-methyl/N-ethyl adjacent to an activating group) is 1. The Kier molecular flexibility index (Phi) is 6.19. The number of aliphatic hydroxyl groups is 1. The highest BCUT2D eigenvalue weighted by molar-refractivity contribution is 6.46. The molecule has 0 bridgehead atoms. The van der Waals surface area contributed by atoms with Gasteiger partial charge in [-0.2, -0.15) is 0 Å². The monoisotopic (exact) mass is 429 g/mol. The average molecular weight is 430 g/mol. The van der Waals surface area contributed by atoms with E-state index in [1.54, 1.807) is 18.2 Å². The zero-order valence-corrected chi connectivity index (χ0v) is 17.2. The smallest absolute Gasteiger partial charge is 0.295 e. The number of benzene rings is 2. The molecule has 1 fully saturated rings. The van der Waals surface area contributed by atoms with Crippen LogP contribution in [0.4, 0.5) is 5.69 Å². The number of ketones is 1. The summed E-state index contributed by atoms with van der Waals surface area (Å²) in [6.07, 6.45) is 0. The van der Waals surface area contributed by atoms with E-state index in [4.69, 9.17) is 11.6 Å². The first kappa shape index (κ1) is 21.5. The number of amides is 1. The van der Waals surface area contributed by atoms with E-state index in [9.17, 15) is 24.8 Å². The van der Waals surface area contributed by atoms with Crippen molar-refractivity contribution in [2.24, 2.45) is 0 Å². The second-order valence-corrected chi connectivity index (χ2v) is 7.59. The molecular weight excluding hydrogens is 410 g/mol. The molecule has 1 aliphatic rings. The number of hydrogen-bond acceptors (Lipinski definition) is 6. The molecule has 0 aromatic heterocycles. The van der Waals surface area contributed by atoms with Crippen LogP contribution in [-0.2, 0) is 9.59 Å². The quantitative estimate of drug-likeness (QED) is 0.248. The van der Waals surface area contributed by atoms with Crippen LogP contribution in [0.15, 0.2) is 54.1 Å². The van der Waals surface area contributed by atoms with Gasteiger partial charge in [0.2, 0.25) is 0 Å². The third-order valence-electron chi connectivity index (χ3n) is 4.84. The highest BCUT2D eigenvalue weighted by atomic mass is 35.5. The second-order valence-electron chi connectivity index (χ2n) is 7.15. The maximum absolute atomic E-state index is 12.9. The largest absolute Gasteiger partial charge is 0.507 e. The van der Waals surface area contributed by atoms with Crippen LogP contribution < -0.4 is 0 Å². The topological polar surface area (TPSA) is 104 Å². The van der Waals surface area contributed by atoms with Crippen LogP contribution >= 0.6 is 11.6 Å². The Morgan fingerprint density at radius 3 is 2.47 bits per heavy atom. The van der Waals surface area contributed by atoms with Gasteiger partial charge < -0.3 is 14.9 Å². The van der Waals surface area contributed by atoms with E-state index >= 15 is 0 Å². The van der Waals surface area contributed by atoms with E-state index in [-0.39, 0.29) is 23.6 Å². The first-order valence-corrected chi connectivity index (χ1v) is 9.52. The van der Waals surface area contributed by atoms with Gasteiger partial charge in [0.05, 0.1) is 16.5 Å². The number of nitro groups is 1. The van der Waals surface area contributed by atoms with Gasteiger partial charge in [-0.25, -0.2) is 0 Å². The molecule has 1 N–H and O–H groups in total. The van der Waals surface area contributed by atoms with E-state index in [1.165, 1.54) is 35.2 Å². The Hall–Kier alpha value is -3.23. The number of aliphatic hydroxyl groups excluding tert-OH is 1. The van der Waals surface area contributed by atoms with E-state index in [0.29, 0.717) is 22.7 Å². The van der Waals surface area contributed by atoms with Crippen molar-refractivity contribution in [1.29, 1.82) is 0 Å². The van der Waals surface area contributed by atoms with Gasteiger partial charge >= 0.3 is 0 Å². The summed E-state index contributed by atoms with van der Waals surface area (Å²) < 4.78 is 0. The number of rotatable bonds is 6. The summed E-state index contributed by atoms with van der Waals surface area (Å²) in [5, 5.41) is 22.6. The van der Waals surface area contributed by atoms with Crippen molar-refractivity contribution in [2.45, 2.75) is 6.04 Å². The molecular formula is C21H20ClN3O5. The predicted molar refractivity (Wildman–Crippen MR) is 112 cm³/mol. The van der Waals surface area contributed by atoms with Crippen LogP contribution in [0.2, 0.25) is 5.02 Å². The fourth-order valence-electron chi connectivity index (χ4n) is 3.34. The lowest BCUT2D eigenvalue weighted by Crippen LogP contribution is -2.35. The zero-order valence-electron chi connectivity index (χ0n) is 16.4. The number of nitro benzene ring substituents is 1. The Labute approximate surface area is 178 Å². The third kappa shape index (κ3) is 4.19. The van der Waals surface area contributed by atoms with Crippen LogP contribution in [0.25, 0.3) is 5.76 Å². The summed E-state index contributed by atoms with van der Waals surface area (Å²) in [4.78, 5) is 39.5. The molecule has 8 nitrogen and oxygen atoms in total. The molecule has 0 aliphatic carbocycles. The molecule has 1 heterocycles. The van der Waals surface area contributed by atoms with E-state index < -0.39 is 22.7 Å². The lowest BCUT2D eigenvalue weighted by molar-refractivity contribution is -0.384. The Bertz CT molecular complexity index is 1030. The van der Waals surface area contributed by atoms with E-state index in [1.807, 2.05) is 19.0 Å². The van der Waals surface area contributed by atoms with Crippen LogP contribution in [0, 0.1) is 10.1 Å². The zero-order chi connectivity index (χ0) is 22.0. The molecule has 2 aromatic carbocycles. The highest BCUT2D eigenvalue weighted by Crippen LogP contribution is 2.40. The standard InChI is InChI=1S/C21H20ClN3O5/c1-23(2)10-11-24-18(14-4-3-5-16(12-14)25(29)30)17(20(27)21(24)28)19(26)13-6-8-15(22)9-7-13/h3-9,12,18,26H,10-11H2,1-2H3. The molecule has 1 atom stereocenters. The molecule has 0 saturated carbocycles. The average Bonchev–Trinajstić information content (AvgIpc) is 2.97. The summed E-state index contributed by atoms with van der Waals surface area (Å²) in [5.41, 5.74) is 0.414. The fraction of sp³-hybridized carbons (Fsp3) is 0.238. The molecule has 1 unspecified atom stereocenters. The van der Waals surface area contributed by atoms with Crippen LogP contribution in [0.5, 0.6) is 0 Å². The normalized spacial score (nSPS) is 18.3. The molecule has 30 heavy (non-hydrogen) atoms. The maximum Gasteiger partial charge on any atom is 0.295 e. The molecule has 1 aliphatic heterocycles. The molecule has 2 aromatic rings. The van der Waals surface area contributed by atoms with Gasteiger partial charge in [0.25, 0.3) is 17.4 Å². The number of non-ortho nitro benzene ring substituents is 1. The Morgan fingerprint density at radius 1 is 1.20 bits per heavy atom. The molecule has 156 valence electrons. The summed E-state index contributed by atoms with van der Waals surface area (Å²) in [6.45, 7) is 0.682. The summed E-state index contributed by atoms with van der Waals surface area (Å²) in [5.74, 6) is -1.95. The van der Waals surface area contributed by atoms with Gasteiger partial charge in [-0.15, -0.1) is 0 Å². The number of carbonyl (C=O) groups is 2. The minimum Gasteiger partial charge on any atom is -0.507 e. The van der Waals surface area contributed by atoms with Gasteiger partial charge in [-0.1, -0.05) is 23.7 Å². The van der Waals surface area contributed by atoms with Gasteiger partial charge in [0, 0.05) is 35.8 Å². The first-order valence-electron chi connectivity index (χ1n) is 9.14. The van der Waals surface area contributed by atoms with Gasteiger partial charge in [0.1, 0.15) is 5.76 Å². The molecule has 0 spiro atoms. The van der Waals surface area contributed by atoms with Gasteiger partial charge in [0.15, 0.2) is 0 Å². The molecule has 0 radical (unpaired) electrons. The summed E-state index contributed by atoms with van der Waals surface area (Å²) >= 11 is 5.90. The molecule has 9 heteroatoms. The maximum atomic E-state index is 12.9. The third-order valence-corrected chi connectivity index (χ3v) is 5.09. The fourth-order valence-corrected chi connectivity index (χ4v) is 3.46. The van der Waals surface area contributed by atoms with E-state index in [2.05, 4.69) is 0 Å². The molecule has 1 saturated heterocycles. The van der Waals surface area contributed by atoms with Crippen LogP contribution in [-0.4, -0.2) is 58.7 Å². The van der Waals surface area contributed by atoms with Crippen molar-refractivity contribution >= 4 is 34.7 Å². The number of carbonyl (C=O) groups excluding carboxylic acids is 2. The Morgan fingerprint density at radius 2 is 1.87 bits per heavy atom. The number of hydrogen-bond donors (Lipinski definition) is 1. The predicted octanol–water partition coefficient (Wildman–Crippen LogP) is 3.23. The van der Waals surface area contributed by atoms with Crippen molar-refractivity contribution in [3.05, 3.63) is 80.4 Å². The number of halogens is 1. The van der Waals surface area contributed by atoms with Crippen molar-refractivity contribution in [3.8, 4) is 0 Å². The lowest BCUT2D eigenvalue weighted by atomic mass is 9.95. The minimum atomic E-state index is -0.944.